The fourth-order valence-electron chi connectivity index (χ4n) is 3.28. The first-order valence-electron chi connectivity index (χ1n) is 9.86. The average molecular weight is 381 g/mol. The van der Waals surface area contributed by atoms with Gasteiger partial charge in [-0.15, -0.1) is 0 Å². The highest BCUT2D eigenvalue weighted by Gasteiger charge is 2.19. The van der Waals surface area contributed by atoms with E-state index < -0.39 is 6.10 Å². The molecule has 154 valence electrons. The minimum absolute atomic E-state index is 0.246. The molecule has 0 radical (unpaired) electrons. The number of ether oxygens (including phenoxy) is 3. The molecule has 0 bridgehead atoms. The van der Waals surface area contributed by atoms with Crippen LogP contribution < -0.4 is 9.47 Å². The smallest absolute Gasteiger partial charge is 0.161 e. The summed E-state index contributed by atoms with van der Waals surface area (Å²) in [4.78, 5) is 4.54. The maximum Gasteiger partial charge on any atom is 0.161 e. The lowest BCUT2D eigenvalue weighted by Crippen LogP contribution is -2.37. The van der Waals surface area contributed by atoms with E-state index in [9.17, 15) is 5.11 Å². The van der Waals surface area contributed by atoms with E-state index in [-0.39, 0.29) is 6.61 Å². The number of hydrogen-bond donors (Lipinski definition) is 1. The molecule has 6 nitrogen and oxygen atoms in total. The van der Waals surface area contributed by atoms with Gasteiger partial charge in [-0.25, -0.2) is 0 Å². The van der Waals surface area contributed by atoms with Gasteiger partial charge in [0.05, 0.1) is 13.2 Å². The van der Waals surface area contributed by atoms with Crippen molar-refractivity contribution >= 4 is 0 Å². The number of piperidine rings is 1. The first-order chi connectivity index (χ1) is 12.9. The largest absolute Gasteiger partial charge is 0.493 e. The number of nitrogens with zero attached hydrogens (tertiary/aromatic N) is 2. The van der Waals surface area contributed by atoms with Crippen LogP contribution in [-0.2, 0) is 11.3 Å². The molecule has 1 aliphatic heterocycles. The van der Waals surface area contributed by atoms with Gasteiger partial charge >= 0.3 is 0 Å². The third-order valence-corrected chi connectivity index (χ3v) is 5.31. The van der Waals surface area contributed by atoms with Crippen LogP contribution in [0.4, 0.5) is 0 Å². The molecule has 0 saturated carbocycles. The Hall–Kier alpha value is -1.34. The van der Waals surface area contributed by atoms with E-state index >= 15 is 0 Å². The quantitative estimate of drug-likeness (QED) is 0.673. The van der Waals surface area contributed by atoms with Gasteiger partial charge in [0.2, 0.25) is 0 Å². The molecule has 1 saturated heterocycles. The van der Waals surface area contributed by atoms with Crippen molar-refractivity contribution in [3.05, 3.63) is 23.8 Å². The topological polar surface area (TPSA) is 54.4 Å². The van der Waals surface area contributed by atoms with E-state index in [1.807, 2.05) is 19.2 Å². The van der Waals surface area contributed by atoms with Gasteiger partial charge in [-0.05, 0) is 51.4 Å². The third kappa shape index (κ3) is 6.96. The van der Waals surface area contributed by atoms with Gasteiger partial charge in [0.1, 0.15) is 12.7 Å². The van der Waals surface area contributed by atoms with E-state index in [0.29, 0.717) is 30.2 Å². The van der Waals surface area contributed by atoms with Crippen LogP contribution in [0.25, 0.3) is 0 Å². The zero-order valence-electron chi connectivity index (χ0n) is 17.5. The first-order valence-corrected chi connectivity index (χ1v) is 9.86. The number of methoxy groups -OCH3 is 2. The zero-order valence-corrected chi connectivity index (χ0v) is 17.5. The molecule has 1 heterocycles. The number of benzene rings is 1. The van der Waals surface area contributed by atoms with Crippen molar-refractivity contribution in [1.29, 1.82) is 0 Å². The maximum absolute atomic E-state index is 10.2. The zero-order chi connectivity index (χ0) is 19.8. The highest BCUT2D eigenvalue weighted by atomic mass is 16.5. The van der Waals surface area contributed by atoms with Crippen LogP contribution in [0, 0.1) is 0 Å². The molecule has 0 unspecified atom stereocenters. The van der Waals surface area contributed by atoms with Crippen LogP contribution in [0.1, 0.15) is 32.3 Å². The Kier molecular flexibility index (Phi) is 8.83. The number of rotatable bonds is 10. The summed E-state index contributed by atoms with van der Waals surface area (Å²) in [6.45, 7) is 8.01. The normalized spacial score (nSPS) is 17.5. The van der Waals surface area contributed by atoms with Gasteiger partial charge in [0.25, 0.3) is 0 Å². The molecular weight excluding hydrogens is 344 g/mol. The second-order valence-electron chi connectivity index (χ2n) is 7.69. The van der Waals surface area contributed by atoms with Gasteiger partial charge < -0.3 is 24.2 Å². The molecular formula is C21H36N2O4. The van der Waals surface area contributed by atoms with Gasteiger partial charge in [-0.1, -0.05) is 6.07 Å². The van der Waals surface area contributed by atoms with Crippen molar-refractivity contribution in [3.63, 3.8) is 0 Å². The third-order valence-electron chi connectivity index (χ3n) is 5.31. The van der Waals surface area contributed by atoms with Gasteiger partial charge in [0, 0.05) is 39.3 Å². The van der Waals surface area contributed by atoms with Crippen LogP contribution >= 0.6 is 0 Å². The summed E-state index contributed by atoms with van der Waals surface area (Å²) in [6, 6.07) is 6.44. The minimum atomic E-state index is -0.543. The lowest BCUT2D eigenvalue weighted by molar-refractivity contribution is 0.0388. The number of aliphatic hydroxyl groups is 1. The van der Waals surface area contributed by atoms with Crippen LogP contribution in [0.2, 0.25) is 0 Å². The van der Waals surface area contributed by atoms with Crippen LogP contribution in [0.15, 0.2) is 18.2 Å². The van der Waals surface area contributed by atoms with Crippen molar-refractivity contribution in [2.45, 2.75) is 51.5 Å². The molecule has 27 heavy (non-hydrogen) atoms. The monoisotopic (exact) mass is 380 g/mol. The highest BCUT2D eigenvalue weighted by molar-refractivity contribution is 5.43. The summed E-state index contributed by atoms with van der Waals surface area (Å²) in [5, 5.41) is 10.2. The Morgan fingerprint density at radius 2 is 1.89 bits per heavy atom. The van der Waals surface area contributed by atoms with Gasteiger partial charge in [0.15, 0.2) is 11.5 Å². The molecule has 2 rings (SSSR count). The number of aliphatic hydroxyl groups excluding tert-OH is 1. The summed E-state index contributed by atoms with van der Waals surface area (Å²) in [6.07, 6.45) is 2.00. The van der Waals surface area contributed by atoms with Gasteiger partial charge in [-0.3, -0.25) is 4.90 Å². The fourth-order valence-corrected chi connectivity index (χ4v) is 3.28. The number of likely N-dealkylation sites (N-methyl/N-ethyl adjacent to an activating group) is 1. The standard InChI is InChI=1S/C21H36N2O4/c1-16(2)22(3)14-18(24)15-27-21-12-17(6-7-20(21)26-5)13-23-10-8-19(25-4)9-11-23/h6-7,12,16,18-19,24H,8-11,13-15H2,1-5H3/t18-/m1/s1. The van der Waals surface area contributed by atoms with Gasteiger partial charge in [-0.2, -0.15) is 0 Å². The molecule has 1 aliphatic rings. The predicted molar refractivity (Wildman–Crippen MR) is 108 cm³/mol. The molecule has 1 aromatic carbocycles. The molecule has 0 aliphatic carbocycles. The first kappa shape index (κ1) is 22.0. The molecule has 1 atom stereocenters. The maximum atomic E-state index is 10.2. The lowest BCUT2D eigenvalue weighted by atomic mass is 10.1. The number of hydrogen-bond acceptors (Lipinski definition) is 6. The van der Waals surface area contributed by atoms with Crippen molar-refractivity contribution in [2.75, 3.05) is 47.5 Å². The summed E-state index contributed by atoms with van der Waals surface area (Å²) in [5.74, 6) is 1.38. The van der Waals surface area contributed by atoms with Crippen LogP contribution in [-0.4, -0.2) is 80.7 Å². The molecule has 1 fully saturated rings. The summed E-state index contributed by atoms with van der Waals surface area (Å²) >= 11 is 0. The van der Waals surface area contributed by atoms with Crippen LogP contribution in [0.5, 0.6) is 11.5 Å². The second kappa shape index (κ2) is 10.9. The minimum Gasteiger partial charge on any atom is -0.493 e. The fraction of sp³-hybridized carbons (Fsp3) is 0.714. The highest BCUT2D eigenvalue weighted by Crippen LogP contribution is 2.29. The molecule has 0 spiro atoms. The molecule has 0 aromatic heterocycles. The number of likely N-dealkylation sites (tertiary alicyclic amines) is 1. The summed E-state index contributed by atoms with van der Waals surface area (Å²) < 4.78 is 16.8. The predicted octanol–water partition coefficient (Wildman–Crippen LogP) is 2.39. The molecule has 0 amide bonds. The molecule has 6 heteroatoms. The molecule has 1 aromatic rings. The SMILES string of the molecule is COc1ccc(CN2CCC(OC)CC2)cc1OC[C@H](O)CN(C)C(C)C. The Bertz CT molecular complexity index is 559. The van der Waals surface area contributed by atoms with Crippen molar-refractivity contribution in [3.8, 4) is 11.5 Å². The lowest BCUT2D eigenvalue weighted by Gasteiger charge is -2.31. The van der Waals surface area contributed by atoms with E-state index in [1.165, 1.54) is 5.56 Å². The van der Waals surface area contributed by atoms with E-state index in [0.717, 1.165) is 32.5 Å². The molecule has 1 N–H and O–H groups in total. The summed E-state index contributed by atoms with van der Waals surface area (Å²) in [7, 11) is 5.43. The van der Waals surface area contributed by atoms with E-state index in [4.69, 9.17) is 14.2 Å². The Labute approximate surface area is 164 Å². The Morgan fingerprint density at radius 1 is 1.19 bits per heavy atom. The Balaban J connectivity index is 1.92. The van der Waals surface area contributed by atoms with E-state index in [1.54, 1.807) is 14.2 Å². The average Bonchev–Trinajstić information content (AvgIpc) is 2.67. The van der Waals surface area contributed by atoms with Crippen LogP contribution in [0.3, 0.4) is 0 Å². The van der Waals surface area contributed by atoms with Crippen molar-refractivity contribution < 1.29 is 19.3 Å². The van der Waals surface area contributed by atoms with E-state index in [2.05, 4.69) is 29.7 Å². The summed E-state index contributed by atoms with van der Waals surface area (Å²) in [5.41, 5.74) is 1.19. The van der Waals surface area contributed by atoms with Crippen molar-refractivity contribution in [1.82, 2.24) is 9.80 Å². The Morgan fingerprint density at radius 3 is 2.48 bits per heavy atom. The van der Waals surface area contributed by atoms with Crippen molar-refractivity contribution in [2.24, 2.45) is 0 Å². The second-order valence-corrected chi connectivity index (χ2v) is 7.69.